The van der Waals surface area contributed by atoms with Gasteiger partial charge in [0.2, 0.25) is 0 Å². The van der Waals surface area contributed by atoms with Crippen molar-refractivity contribution >= 4 is 23.2 Å². The average Bonchev–Trinajstić information content (AvgIpc) is 3.26. The van der Waals surface area contributed by atoms with Crippen LogP contribution in [0.1, 0.15) is 61.2 Å². The third-order valence-corrected chi connectivity index (χ3v) is 7.71. The summed E-state index contributed by atoms with van der Waals surface area (Å²) in [5.41, 5.74) is 2.89. The summed E-state index contributed by atoms with van der Waals surface area (Å²) in [6, 6.07) is 3.61. The maximum atomic E-state index is 15.2. The molecule has 5 aliphatic rings. The quantitative estimate of drug-likeness (QED) is 0.433. The van der Waals surface area contributed by atoms with Gasteiger partial charge in [-0.25, -0.2) is 18.7 Å². The van der Waals surface area contributed by atoms with E-state index in [-0.39, 0.29) is 12.1 Å². The number of hydrogen-bond donors (Lipinski definition) is 3. The van der Waals surface area contributed by atoms with Gasteiger partial charge in [0, 0.05) is 24.6 Å². The van der Waals surface area contributed by atoms with Crippen LogP contribution in [-0.2, 0) is 20.8 Å². The van der Waals surface area contributed by atoms with Crippen molar-refractivity contribution in [3.63, 3.8) is 0 Å². The predicted molar refractivity (Wildman–Crippen MR) is 125 cm³/mol. The average molecular weight is 498 g/mol. The van der Waals surface area contributed by atoms with Gasteiger partial charge in [-0.15, -0.1) is 0 Å². The number of carbonyl (C=O) groups excluding carboxylic acids is 1. The number of alkyl carbamates (subject to hydrolysis) is 1. The lowest BCUT2D eigenvalue weighted by atomic mass is 9.50. The van der Waals surface area contributed by atoms with Crippen molar-refractivity contribution in [3.8, 4) is 0 Å². The van der Waals surface area contributed by atoms with E-state index >= 15 is 4.39 Å². The standard InChI is InChI=1S/C24H28FN7O4/c1-34-10-14-4-17-22(26-16(13-2-3-13)9-32(17)31-14)27-19-5-15(29-30-19)21-20(25)18(11-35-21)36-23(33)28-24-6-12(7-24)8-24/h4-5,9,12-13,18,20-21H,2-3,6-8,10-11H2,1H3,(H,28,33)(H2,26,27,29,30)/t12?,18-,20-,21-,24?/m0/s1. The molecule has 11 nitrogen and oxygen atoms in total. The Labute approximate surface area is 206 Å². The van der Waals surface area contributed by atoms with Gasteiger partial charge < -0.3 is 24.8 Å². The molecular formula is C24H28FN7O4. The first-order valence-corrected chi connectivity index (χ1v) is 12.4. The van der Waals surface area contributed by atoms with Crippen molar-refractivity contribution in [3.05, 3.63) is 35.4 Å². The molecular weight excluding hydrogens is 469 g/mol. The number of alkyl halides is 1. The second kappa shape index (κ2) is 8.13. The number of halogens is 1. The highest BCUT2D eigenvalue weighted by atomic mass is 19.1. The first-order valence-electron chi connectivity index (χ1n) is 12.4. The molecule has 0 radical (unpaired) electrons. The van der Waals surface area contributed by atoms with Crippen molar-refractivity contribution < 1.29 is 23.4 Å². The fourth-order valence-electron chi connectivity index (χ4n) is 5.57. The lowest BCUT2D eigenvalue weighted by Crippen LogP contribution is -2.68. The molecule has 0 aromatic carbocycles. The van der Waals surface area contributed by atoms with E-state index < -0.39 is 24.5 Å². The minimum atomic E-state index is -1.51. The number of ether oxygens (including phenoxy) is 3. The van der Waals surface area contributed by atoms with Crippen LogP contribution in [0.4, 0.5) is 20.8 Å². The molecule has 3 aromatic rings. The van der Waals surface area contributed by atoms with Crippen LogP contribution >= 0.6 is 0 Å². The molecule has 3 aromatic heterocycles. The number of hydrogen-bond acceptors (Lipinski definition) is 8. The Hall–Kier alpha value is -3.25. The van der Waals surface area contributed by atoms with Gasteiger partial charge in [0.1, 0.15) is 11.6 Å². The zero-order valence-corrected chi connectivity index (χ0v) is 19.9. The van der Waals surface area contributed by atoms with Gasteiger partial charge in [-0.1, -0.05) is 0 Å². The number of carbonyl (C=O) groups is 1. The Morgan fingerprint density at radius 2 is 2.17 bits per heavy atom. The third kappa shape index (κ3) is 3.79. The maximum Gasteiger partial charge on any atom is 0.408 e. The largest absolute Gasteiger partial charge is 0.441 e. The van der Waals surface area contributed by atoms with Gasteiger partial charge in [0.25, 0.3) is 0 Å². The Balaban J connectivity index is 1.05. The topological polar surface area (TPSA) is 128 Å². The van der Waals surface area contributed by atoms with E-state index in [1.807, 2.05) is 16.8 Å². The van der Waals surface area contributed by atoms with E-state index in [0.29, 0.717) is 29.9 Å². The molecule has 190 valence electrons. The monoisotopic (exact) mass is 497 g/mol. The van der Waals surface area contributed by atoms with Gasteiger partial charge in [-0.2, -0.15) is 10.2 Å². The highest BCUT2D eigenvalue weighted by molar-refractivity contribution is 5.73. The number of aromatic amines is 1. The zero-order chi connectivity index (χ0) is 24.4. The Morgan fingerprint density at radius 3 is 2.89 bits per heavy atom. The molecule has 4 saturated carbocycles. The fraction of sp³-hybridized carbons (Fsp3) is 0.583. The molecule has 0 spiro atoms. The van der Waals surface area contributed by atoms with Crippen molar-refractivity contribution in [1.29, 1.82) is 0 Å². The number of H-pyrrole nitrogens is 1. The smallest absolute Gasteiger partial charge is 0.408 e. The summed E-state index contributed by atoms with van der Waals surface area (Å²) in [5.74, 6) is 2.25. The number of nitrogens with one attached hydrogen (secondary N) is 3. The molecule has 3 N–H and O–H groups in total. The first-order chi connectivity index (χ1) is 17.5. The fourth-order valence-corrected chi connectivity index (χ4v) is 5.57. The molecule has 2 bridgehead atoms. The molecule has 1 saturated heterocycles. The molecule has 4 aliphatic carbocycles. The molecule has 8 rings (SSSR count). The summed E-state index contributed by atoms with van der Waals surface area (Å²) in [6.07, 6.45) is 3.19. The number of anilines is 2. The Kier molecular flexibility index (Phi) is 4.97. The normalized spacial score (nSPS) is 30.6. The predicted octanol–water partition coefficient (Wildman–Crippen LogP) is 3.28. The Morgan fingerprint density at radius 1 is 1.33 bits per heavy atom. The summed E-state index contributed by atoms with van der Waals surface area (Å²) in [7, 11) is 1.63. The van der Waals surface area contributed by atoms with E-state index in [4.69, 9.17) is 19.2 Å². The van der Waals surface area contributed by atoms with Gasteiger partial charge >= 0.3 is 6.09 Å². The van der Waals surface area contributed by atoms with Crippen LogP contribution in [0.25, 0.3) is 5.52 Å². The van der Waals surface area contributed by atoms with E-state index in [9.17, 15) is 4.79 Å². The molecule has 36 heavy (non-hydrogen) atoms. The van der Waals surface area contributed by atoms with E-state index in [1.54, 1.807) is 13.2 Å². The van der Waals surface area contributed by atoms with Gasteiger partial charge in [0.05, 0.1) is 36.5 Å². The van der Waals surface area contributed by atoms with Gasteiger partial charge in [-0.05, 0) is 44.1 Å². The van der Waals surface area contributed by atoms with E-state index in [1.165, 1.54) is 0 Å². The minimum Gasteiger partial charge on any atom is -0.441 e. The number of nitrogens with zero attached hydrogens (tertiary/aromatic N) is 4. The van der Waals surface area contributed by atoms with Crippen LogP contribution in [0.5, 0.6) is 0 Å². The van der Waals surface area contributed by atoms with Gasteiger partial charge in [0.15, 0.2) is 23.9 Å². The summed E-state index contributed by atoms with van der Waals surface area (Å²) < 4.78 is 33.2. The van der Waals surface area contributed by atoms with Crippen molar-refractivity contribution in [2.45, 2.75) is 68.5 Å². The molecule has 5 fully saturated rings. The molecule has 4 heterocycles. The maximum absolute atomic E-state index is 15.2. The minimum absolute atomic E-state index is 0.0135. The van der Waals surface area contributed by atoms with Crippen molar-refractivity contribution in [1.82, 2.24) is 30.1 Å². The summed E-state index contributed by atoms with van der Waals surface area (Å²) in [6.45, 7) is 0.381. The van der Waals surface area contributed by atoms with E-state index in [2.05, 4.69) is 25.9 Å². The number of amides is 1. The van der Waals surface area contributed by atoms with Gasteiger partial charge in [-0.3, -0.25) is 5.10 Å². The lowest BCUT2D eigenvalue weighted by Gasteiger charge is -2.61. The van der Waals surface area contributed by atoms with E-state index in [0.717, 1.165) is 54.9 Å². The number of rotatable bonds is 8. The molecule has 1 amide bonds. The second-order valence-electron chi connectivity index (χ2n) is 10.5. The van der Waals surface area contributed by atoms with Crippen LogP contribution in [0.3, 0.4) is 0 Å². The number of fused-ring (bicyclic) bond motifs is 1. The summed E-state index contributed by atoms with van der Waals surface area (Å²) >= 11 is 0. The molecule has 0 unspecified atom stereocenters. The van der Waals surface area contributed by atoms with Crippen LogP contribution < -0.4 is 10.6 Å². The van der Waals surface area contributed by atoms with Crippen LogP contribution in [0, 0.1) is 5.92 Å². The third-order valence-electron chi connectivity index (χ3n) is 7.71. The first kappa shape index (κ1) is 22.0. The molecule has 3 atom stereocenters. The lowest BCUT2D eigenvalue weighted by molar-refractivity contribution is -0.0528. The molecule has 1 aliphatic heterocycles. The van der Waals surface area contributed by atoms with Crippen LogP contribution in [0.15, 0.2) is 18.3 Å². The number of methoxy groups -OCH3 is 1. The number of aromatic nitrogens is 5. The summed E-state index contributed by atoms with van der Waals surface area (Å²) in [4.78, 5) is 17.1. The second-order valence-corrected chi connectivity index (χ2v) is 10.5. The van der Waals surface area contributed by atoms with Crippen molar-refractivity contribution in [2.24, 2.45) is 5.92 Å². The highest BCUT2D eigenvalue weighted by Crippen LogP contribution is 2.57. The SMILES string of the molecule is COCc1cc2c(Nc3cc([C@@H]4OC[C@H](OC(=O)NC56CC(C5)C6)[C@@H]4F)[nH]n3)nc(C3CC3)cn2n1. The Bertz CT molecular complexity index is 1300. The van der Waals surface area contributed by atoms with Crippen molar-refractivity contribution in [2.75, 3.05) is 19.0 Å². The highest BCUT2D eigenvalue weighted by Gasteiger charge is 2.58. The zero-order valence-electron chi connectivity index (χ0n) is 19.9. The summed E-state index contributed by atoms with van der Waals surface area (Å²) in [5, 5.41) is 17.9. The van der Waals surface area contributed by atoms with Crippen LogP contribution in [-0.4, -0.2) is 62.4 Å². The molecule has 12 heteroatoms. The van der Waals surface area contributed by atoms with Crippen LogP contribution in [0.2, 0.25) is 0 Å².